The summed E-state index contributed by atoms with van der Waals surface area (Å²) in [6.45, 7) is 4.72. The molecular weight excluding hydrogens is 364 g/mol. The van der Waals surface area contributed by atoms with Gasteiger partial charge in [-0.1, -0.05) is 30.3 Å². The van der Waals surface area contributed by atoms with Crippen molar-refractivity contribution in [3.05, 3.63) is 54.1 Å². The van der Waals surface area contributed by atoms with Crippen LogP contribution in [-0.4, -0.2) is 52.1 Å². The number of rotatable bonds is 4. The number of piperazine rings is 1. The minimum atomic E-state index is -3.52. The number of ether oxygens (including phenoxy) is 2. The van der Waals surface area contributed by atoms with E-state index in [4.69, 9.17) is 9.47 Å². The van der Waals surface area contributed by atoms with E-state index in [1.54, 1.807) is 22.5 Å². The van der Waals surface area contributed by atoms with Gasteiger partial charge in [-0.25, -0.2) is 8.42 Å². The molecule has 1 fully saturated rings. The van der Waals surface area contributed by atoms with Crippen LogP contribution in [0.1, 0.15) is 12.0 Å². The minimum absolute atomic E-state index is 0.276. The zero-order valence-electron chi connectivity index (χ0n) is 15.3. The number of fused-ring (bicyclic) bond motifs is 1. The molecule has 0 bridgehead atoms. The number of quaternary nitrogens is 1. The van der Waals surface area contributed by atoms with Gasteiger partial charge in [-0.15, -0.1) is 0 Å². The van der Waals surface area contributed by atoms with E-state index in [1.807, 2.05) is 18.2 Å². The summed E-state index contributed by atoms with van der Waals surface area (Å²) in [5.41, 5.74) is 1.28. The van der Waals surface area contributed by atoms with E-state index in [9.17, 15) is 8.42 Å². The van der Waals surface area contributed by atoms with Gasteiger partial charge >= 0.3 is 0 Å². The first-order valence-electron chi connectivity index (χ1n) is 9.40. The van der Waals surface area contributed by atoms with Crippen molar-refractivity contribution in [1.82, 2.24) is 4.31 Å². The standard InChI is InChI=1S/C20H24N2O4S/c23-27(24,18-7-8-19-20(15-18)26-14-4-13-25-19)22-11-9-21(10-12-22)16-17-5-2-1-3-6-17/h1-3,5-8,15H,4,9-14,16H2/p+1. The molecule has 0 unspecified atom stereocenters. The second kappa shape index (κ2) is 7.88. The van der Waals surface area contributed by atoms with Crippen LogP contribution in [0, 0.1) is 0 Å². The zero-order valence-corrected chi connectivity index (χ0v) is 16.1. The van der Waals surface area contributed by atoms with Crippen LogP contribution >= 0.6 is 0 Å². The minimum Gasteiger partial charge on any atom is -0.490 e. The first-order chi connectivity index (χ1) is 13.1. The van der Waals surface area contributed by atoms with Crippen LogP contribution in [-0.2, 0) is 16.6 Å². The number of hydrogen-bond acceptors (Lipinski definition) is 4. The molecule has 144 valence electrons. The van der Waals surface area contributed by atoms with E-state index >= 15 is 0 Å². The summed E-state index contributed by atoms with van der Waals surface area (Å²) in [7, 11) is -3.52. The van der Waals surface area contributed by atoms with Crippen molar-refractivity contribution in [2.75, 3.05) is 39.4 Å². The van der Waals surface area contributed by atoms with Crippen LogP contribution in [0.5, 0.6) is 11.5 Å². The van der Waals surface area contributed by atoms with Crippen molar-refractivity contribution < 1.29 is 22.8 Å². The topological polar surface area (TPSA) is 60.3 Å². The van der Waals surface area contributed by atoms with Crippen molar-refractivity contribution in [2.45, 2.75) is 17.9 Å². The molecule has 4 rings (SSSR count). The van der Waals surface area contributed by atoms with E-state index in [1.165, 1.54) is 10.5 Å². The highest BCUT2D eigenvalue weighted by molar-refractivity contribution is 7.89. The summed E-state index contributed by atoms with van der Waals surface area (Å²) >= 11 is 0. The number of sulfonamides is 1. The second-order valence-corrected chi connectivity index (χ2v) is 8.91. The molecule has 0 aromatic heterocycles. The molecule has 27 heavy (non-hydrogen) atoms. The third-order valence-electron chi connectivity index (χ3n) is 5.08. The molecule has 2 aliphatic heterocycles. The van der Waals surface area contributed by atoms with Crippen molar-refractivity contribution >= 4 is 10.0 Å². The van der Waals surface area contributed by atoms with E-state index in [0.29, 0.717) is 37.8 Å². The summed E-state index contributed by atoms with van der Waals surface area (Å²) in [5.74, 6) is 1.13. The van der Waals surface area contributed by atoms with E-state index in [-0.39, 0.29) is 4.90 Å². The lowest BCUT2D eigenvalue weighted by Gasteiger charge is -2.31. The van der Waals surface area contributed by atoms with Gasteiger partial charge in [0, 0.05) is 18.1 Å². The van der Waals surface area contributed by atoms with E-state index < -0.39 is 10.0 Å². The summed E-state index contributed by atoms with van der Waals surface area (Å²) < 4.78 is 38.9. The Morgan fingerprint density at radius 2 is 1.63 bits per heavy atom. The van der Waals surface area contributed by atoms with Crippen LogP contribution in [0.3, 0.4) is 0 Å². The zero-order chi connectivity index (χ0) is 18.7. The van der Waals surface area contributed by atoms with Crippen LogP contribution in [0.25, 0.3) is 0 Å². The summed E-state index contributed by atoms with van der Waals surface area (Å²) in [6, 6.07) is 15.2. The summed E-state index contributed by atoms with van der Waals surface area (Å²) in [4.78, 5) is 1.68. The van der Waals surface area contributed by atoms with Crippen LogP contribution in [0.4, 0.5) is 0 Å². The third kappa shape index (κ3) is 4.10. The number of hydrogen-bond donors (Lipinski definition) is 1. The molecule has 0 aliphatic carbocycles. The third-order valence-corrected chi connectivity index (χ3v) is 6.98. The Balaban J connectivity index is 1.43. The maximum absolute atomic E-state index is 13.0. The molecule has 0 radical (unpaired) electrons. The van der Waals surface area contributed by atoms with Gasteiger partial charge < -0.3 is 14.4 Å². The average Bonchev–Trinajstić information content (AvgIpc) is 2.94. The lowest BCUT2D eigenvalue weighted by Crippen LogP contribution is -3.13. The van der Waals surface area contributed by atoms with Crippen LogP contribution < -0.4 is 14.4 Å². The molecule has 0 saturated carbocycles. The van der Waals surface area contributed by atoms with Gasteiger partial charge in [0.25, 0.3) is 0 Å². The molecular formula is C20H25N2O4S+. The first-order valence-corrected chi connectivity index (χ1v) is 10.8. The predicted molar refractivity (Wildman–Crippen MR) is 102 cm³/mol. The highest BCUT2D eigenvalue weighted by Gasteiger charge is 2.31. The Labute approximate surface area is 160 Å². The molecule has 1 saturated heterocycles. The fourth-order valence-electron chi connectivity index (χ4n) is 3.56. The molecule has 0 amide bonds. The highest BCUT2D eigenvalue weighted by Crippen LogP contribution is 2.32. The average molecular weight is 389 g/mol. The molecule has 2 aromatic rings. The Hall–Kier alpha value is -2.09. The molecule has 6 nitrogen and oxygen atoms in total. The van der Waals surface area contributed by atoms with Gasteiger partial charge in [0.1, 0.15) is 6.54 Å². The fourth-order valence-corrected chi connectivity index (χ4v) is 5.01. The summed E-state index contributed by atoms with van der Waals surface area (Å²) in [5, 5.41) is 0. The van der Waals surface area contributed by atoms with E-state index in [0.717, 1.165) is 26.1 Å². The SMILES string of the molecule is O=S(=O)(c1ccc2c(c1)OCCCO2)N1CC[NH+](Cc2ccccc2)CC1. The maximum atomic E-state index is 13.0. The number of benzene rings is 2. The van der Waals surface area contributed by atoms with Crippen molar-refractivity contribution in [3.63, 3.8) is 0 Å². The second-order valence-electron chi connectivity index (χ2n) is 6.98. The van der Waals surface area contributed by atoms with Crippen molar-refractivity contribution in [3.8, 4) is 11.5 Å². The quantitative estimate of drug-likeness (QED) is 0.846. The molecule has 2 heterocycles. The first kappa shape index (κ1) is 18.3. The molecule has 2 aliphatic rings. The Morgan fingerprint density at radius 1 is 0.926 bits per heavy atom. The lowest BCUT2D eigenvalue weighted by atomic mass is 10.2. The summed E-state index contributed by atoms with van der Waals surface area (Å²) in [6.07, 6.45) is 0.795. The van der Waals surface area contributed by atoms with Gasteiger partial charge in [-0.2, -0.15) is 4.31 Å². The molecule has 0 atom stereocenters. The molecule has 7 heteroatoms. The molecule has 2 aromatic carbocycles. The Morgan fingerprint density at radius 3 is 2.37 bits per heavy atom. The van der Waals surface area contributed by atoms with Crippen molar-refractivity contribution in [2.24, 2.45) is 0 Å². The molecule has 1 N–H and O–H groups in total. The van der Waals surface area contributed by atoms with Gasteiger partial charge in [0.15, 0.2) is 11.5 Å². The maximum Gasteiger partial charge on any atom is 0.243 e. The highest BCUT2D eigenvalue weighted by atomic mass is 32.2. The smallest absolute Gasteiger partial charge is 0.243 e. The predicted octanol–water partition coefficient (Wildman–Crippen LogP) is 0.937. The van der Waals surface area contributed by atoms with Crippen LogP contribution in [0.2, 0.25) is 0 Å². The van der Waals surface area contributed by atoms with Gasteiger partial charge in [-0.3, -0.25) is 0 Å². The van der Waals surface area contributed by atoms with E-state index in [2.05, 4.69) is 12.1 Å². The normalized spacial score (nSPS) is 18.8. The van der Waals surface area contributed by atoms with Gasteiger partial charge in [0.2, 0.25) is 10.0 Å². The monoisotopic (exact) mass is 389 g/mol. The molecule has 0 spiro atoms. The number of nitrogens with one attached hydrogen (secondary N) is 1. The largest absolute Gasteiger partial charge is 0.490 e. The van der Waals surface area contributed by atoms with Gasteiger partial charge in [0.05, 0.1) is 44.3 Å². The Bertz CT molecular complexity index is 878. The fraction of sp³-hybridized carbons (Fsp3) is 0.400. The van der Waals surface area contributed by atoms with Crippen LogP contribution in [0.15, 0.2) is 53.4 Å². The Kier molecular flexibility index (Phi) is 5.33. The number of nitrogens with zero attached hydrogens (tertiary/aromatic N) is 1. The van der Waals surface area contributed by atoms with Gasteiger partial charge in [-0.05, 0) is 12.1 Å². The lowest BCUT2D eigenvalue weighted by molar-refractivity contribution is -0.917. The van der Waals surface area contributed by atoms with Crippen molar-refractivity contribution in [1.29, 1.82) is 0 Å².